The lowest BCUT2D eigenvalue weighted by atomic mass is 9.98. The molecule has 0 aromatic heterocycles. The minimum Gasteiger partial charge on any atom is -0.480 e. The molecule has 0 fully saturated rings. The Morgan fingerprint density at radius 2 is 1.95 bits per heavy atom. The molecule has 5 heteroatoms. The molecule has 0 aliphatic carbocycles. The molecule has 0 bridgehead atoms. The fourth-order valence-electron chi connectivity index (χ4n) is 1.66. The molecule has 1 unspecified atom stereocenters. The highest BCUT2D eigenvalue weighted by atomic mass is 16.5. The molecule has 1 aromatic rings. The van der Waals surface area contributed by atoms with E-state index in [9.17, 15) is 9.59 Å². The van der Waals surface area contributed by atoms with Gasteiger partial charge in [0.05, 0.1) is 0 Å². The summed E-state index contributed by atoms with van der Waals surface area (Å²) >= 11 is 0. The molecule has 104 valence electrons. The number of hydrogen-bond acceptors (Lipinski definition) is 3. The predicted molar refractivity (Wildman–Crippen MR) is 70.9 cm³/mol. The minimum absolute atomic E-state index is 0.216. The van der Waals surface area contributed by atoms with Gasteiger partial charge in [0, 0.05) is 6.54 Å². The molecule has 2 N–H and O–H groups in total. The van der Waals surface area contributed by atoms with Gasteiger partial charge in [0.15, 0.2) is 0 Å². The van der Waals surface area contributed by atoms with E-state index in [4.69, 9.17) is 5.11 Å². The lowest BCUT2D eigenvalue weighted by molar-refractivity contribution is -0.143. The Hall–Kier alpha value is -1.88. The number of rotatable bonds is 8. The van der Waals surface area contributed by atoms with E-state index >= 15 is 0 Å². The van der Waals surface area contributed by atoms with Crippen LogP contribution in [-0.2, 0) is 14.3 Å². The molecule has 0 aliphatic heterocycles. The van der Waals surface area contributed by atoms with Crippen LogP contribution in [0, 0.1) is 0 Å². The second-order valence-electron chi connectivity index (χ2n) is 4.34. The van der Waals surface area contributed by atoms with E-state index in [1.54, 1.807) is 0 Å². The third-order valence-corrected chi connectivity index (χ3v) is 2.73. The molecule has 1 atom stereocenters. The number of nitrogens with one attached hydrogen (secondary N) is 1. The molecular formula is C14H19NO4. The van der Waals surface area contributed by atoms with Crippen LogP contribution in [0.15, 0.2) is 30.3 Å². The predicted octanol–water partition coefficient (Wildman–Crippen LogP) is 1.40. The zero-order valence-corrected chi connectivity index (χ0v) is 11.0. The quantitative estimate of drug-likeness (QED) is 0.745. The fraction of sp³-hybridized carbons (Fsp3) is 0.429. The number of carboxylic acids is 1. The lowest BCUT2D eigenvalue weighted by Gasteiger charge is -2.12. The highest BCUT2D eigenvalue weighted by molar-refractivity contribution is 5.77. The number of benzene rings is 1. The molecule has 1 amide bonds. The van der Waals surface area contributed by atoms with Crippen molar-refractivity contribution in [2.75, 3.05) is 19.8 Å². The molecule has 0 radical (unpaired) electrons. The maximum atomic E-state index is 11.3. The summed E-state index contributed by atoms with van der Waals surface area (Å²) in [5, 5.41) is 11.0. The maximum absolute atomic E-state index is 11.3. The largest absolute Gasteiger partial charge is 0.480 e. The van der Waals surface area contributed by atoms with Gasteiger partial charge in [0.25, 0.3) is 0 Å². The zero-order valence-electron chi connectivity index (χ0n) is 11.0. The second kappa shape index (κ2) is 8.26. The highest BCUT2D eigenvalue weighted by Crippen LogP contribution is 2.17. The summed E-state index contributed by atoms with van der Waals surface area (Å²) in [6.07, 6.45) is 0.828. The summed E-state index contributed by atoms with van der Waals surface area (Å²) in [4.78, 5) is 21.5. The van der Waals surface area contributed by atoms with Gasteiger partial charge in [-0.1, -0.05) is 37.3 Å². The van der Waals surface area contributed by atoms with Crippen molar-refractivity contribution in [1.82, 2.24) is 5.32 Å². The van der Waals surface area contributed by atoms with Gasteiger partial charge in [-0.15, -0.1) is 0 Å². The maximum Gasteiger partial charge on any atom is 0.329 e. The number of carbonyl (C=O) groups excluding carboxylic acids is 1. The monoisotopic (exact) mass is 265 g/mol. The Bertz CT molecular complexity index is 405. The average Bonchev–Trinajstić information content (AvgIpc) is 2.39. The van der Waals surface area contributed by atoms with Crippen molar-refractivity contribution in [3.8, 4) is 0 Å². The van der Waals surface area contributed by atoms with Gasteiger partial charge in [0.1, 0.15) is 13.2 Å². The first kappa shape index (κ1) is 15.2. The van der Waals surface area contributed by atoms with Crippen LogP contribution in [-0.4, -0.2) is 36.7 Å². The summed E-state index contributed by atoms with van der Waals surface area (Å²) in [5.74, 6) is -1.01. The van der Waals surface area contributed by atoms with Crippen LogP contribution >= 0.6 is 0 Å². The number of ether oxygens (including phenoxy) is 1. The fourth-order valence-corrected chi connectivity index (χ4v) is 1.66. The van der Waals surface area contributed by atoms with Gasteiger partial charge in [-0.3, -0.25) is 4.79 Å². The van der Waals surface area contributed by atoms with Gasteiger partial charge in [0.2, 0.25) is 5.91 Å². The molecule has 19 heavy (non-hydrogen) atoms. The molecular weight excluding hydrogens is 246 g/mol. The van der Waals surface area contributed by atoms with Gasteiger partial charge in [-0.25, -0.2) is 4.79 Å². The summed E-state index contributed by atoms with van der Waals surface area (Å²) in [6.45, 7) is 1.98. The molecule has 0 heterocycles. The third kappa shape index (κ3) is 6.57. The second-order valence-corrected chi connectivity index (χ2v) is 4.34. The van der Waals surface area contributed by atoms with Gasteiger partial charge in [-0.05, 0) is 17.9 Å². The smallest absolute Gasteiger partial charge is 0.329 e. The van der Waals surface area contributed by atoms with E-state index in [0.717, 1.165) is 6.42 Å². The van der Waals surface area contributed by atoms with Gasteiger partial charge >= 0.3 is 5.97 Å². The number of carbonyl (C=O) groups is 2. The van der Waals surface area contributed by atoms with E-state index in [2.05, 4.69) is 29.1 Å². The number of hydrogen-bond donors (Lipinski definition) is 2. The molecule has 0 saturated heterocycles. The number of carboxylic acid groups (broad SMARTS) is 1. The van der Waals surface area contributed by atoms with Crippen molar-refractivity contribution < 1.29 is 19.4 Å². The van der Waals surface area contributed by atoms with Gasteiger partial charge < -0.3 is 15.2 Å². The van der Waals surface area contributed by atoms with Crippen molar-refractivity contribution in [2.45, 2.75) is 19.3 Å². The molecule has 5 nitrogen and oxygen atoms in total. The van der Waals surface area contributed by atoms with Crippen LogP contribution < -0.4 is 5.32 Å². The molecule has 0 aliphatic rings. The van der Waals surface area contributed by atoms with E-state index < -0.39 is 12.6 Å². The Morgan fingerprint density at radius 1 is 1.26 bits per heavy atom. The molecule has 1 aromatic carbocycles. The van der Waals surface area contributed by atoms with Crippen LogP contribution in [0.3, 0.4) is 0 Å². The first-order chi connectivity index (χ1) is 9.09. The van der Waals surface area contributed by atoms with Crippen LogP contribution in [0.25, 0.3) is 0 Å². The first-order valence-electron chi connectivity index (χ1n) is 6.20. The van der Waals surface area contributed by atoms with Crippen molar-refractivity contribution >= 4 is 11.9 Å². The van der Waals surface area contributed by atoms with E-state index in [1.165, 1.54) is 5.56 Å². The van der Waals surface area contributed by atoms with Gasteiger partial charge in [-0.2, -0.15) is 0 Å². The molecule has 0 saturated carbocycles. The highest BCUT2D eigenvalue weighted by Gasteiger charge is 2.07. The lowest BCUT2D eigenvalue weighted by Crippen LogP contribution is -2.30. The van der Waals surface area contributed by atoms with Crippen molar-refractivity contribution in [2.24, 2.45) is 0 Å². The summed E-state index contributed by atoms with van der Waals surface area (Å²) in [5.41, 5.74) is 1.24. The normalized spacial score (nSPS) is 11.8. The Morgan fingerprint density at radius 3 is 2.58 bits per heavy atom. The van der Waals surface area contributed by atoms with Crippen molar-refractivity contribution in [1.29, 1.82) is 0 Å². The Labute approximate surface area is 112 Å². The molecule has 0 spiro atoms. The molecule has 1 rings (SSSR count). The minimum atomic E-state index is -1.08. The number of amides is 1. The topological polar surface area (TPSA) is 75.6 Å². The standard InChI is InChI=1S/C14H19NO4/c1-11(12-5-3-2-4-6-12)7-8-15-13(16)9-19-10-14(17)18/h2-6,11H,7-10H2,1H3,(H,15,16)(H,17,18). The SMILES string of the molecule is CC(CCNC(=O)COCC(=O)O)c1ccccc1. The summed E-state index contributed by atoms with van der Waals surface area (Å²) in [6, 6.07) is 10.1. The van der Waals surface area contributed by atoms with Crippen molar-refractivity contribution in [3.63, 3.8) is 0 Å². The third-order valence-electron chi connectivity index (χ3n) is 2.73. The average molecular weight is 265 g/mol. The Balaban J connectivity index is 2.16. The van der Waals surface area contributed by atoms with Crippen LogP contribution in [0.5, 0.6) is 0 Å². The van der Waals surface area contributed by atoms with E-state index in [0.29, 0.717) is 12.5 Å². The van der Waals surface area contributed by atoms with E-state index in [1.807, 2.05) is 18.2 Å². The summed E-state index contributed by atoms with van der Waals surface area (Å²) < 4.78 is 4.69. The van der Waals surface area contributed by atoms with Crippen LogP contribution in [0.1, 0.15) is 24.8 Å². The van der Waals surface area contributed by atoms with Crippen LogP contribution in [0.2, 0.25) is 0 Å². The van der Waals surface area contributed by atoms with Crippen molar-refractivity contribution in [3.05, 3.63) is 35.9 Å². The Kier molecular flexibility index (Phi) is 6.60. The first-order valence-corrected chi connectivity index (χ1v) is 6.20. The van der Waals surface area contributed by atoms with E-state index in [-0.39, 0.29) is 12.5 Å². The van der Waals surface area contributed by atoms with Crippen LogP contribution in [0.4, 0.5) is 0 Å². The number of aliphatic carboxylic acids is 1. The summed E-state index contributed by atoms with van der Waals surface area (Å²) in [7, 11) is 0. The zero-order chi connectivity index (χ0) is 14.1.